The number of nitro groups is 1. The summed E-state index contributed by atoms with van der Waals surface area (Å²) in [6, 6.07) is 6.99. The van der Waals surface area contributed by atoms with Crippen LogP contribution in [0, 0.1) is 15.9 Å². The molecule has 0 aliphatic carbocycles. The molecule has 0 amide bonds. The Morgan fingerprint density at radius 3 is 2.95 bits per heavy atom. The van der Waals surface area contributed by atoms with Crippen LogP contribution in [0.25, 0.3) is 0 Å². The third kappa shape index (κ3) is 3.00. The first kappa shape index (κ1) is 13.7. The average Bonchev–Trinajstić information content (AvgIpc) is 2.45. The first-order chi connectivity index (χ1) is 9.61. The first-order valence-electron chi connectivity index (χ1n) is 5.80. The normalized spacial score (nSPS) is 10.1. The fraction of sp³-hybridized carbons (Fsp3) is 0.154. The first-order valence-corrected chi connectivity index (χ1v) is 5.80. The molecule has 1 heterocycles. The molecule has 104 valence electrons. The van der Waals surface area contributed by atoms with Crippen molar-refractivity contribution < 1.29 is 14.1 Å². The monoisotopic (exact) mass is 277 g/mol. The molecule has 0 aliphatic heterocycles. The number of nitrogens with one attached hydrogen (secondary N) is 1. The lowest BCUT2D eigenvalue weighted by Crippen LogP contribution is -2.02. The highest BCUT2D eigenvalue weighted by Gasteiger charge is 2.19. The highest BCUT2D eigenvalue weighted by Crippen LogP contribution is 2.30. The summed E-state index contributed by atoms with van der Waals surface area (Å²) < 4.78 is 18.8. The SMILES string of the molecule is CNc1cc(COc2c(F)cccc2[N+](=O)[O-])ccn1. The summed E-state index contributed by atoms with van der Waals surface area (Å²) in [5, 5.41) is 13.7. The number of rotatable bonds is 5. The molecule has 20 heavy (non-hydrogen) atoms. The van der Waals surface area contributed by atoms with Gasteiger partial charge in [0.1, 0.15) is 12.4 Å². The van der Waals surface area contributed by atoms with E-state index in [-0.39, 0.29) is 12.4 Å². The van der Waals surface area contributed by atoms with Crippen LogP contribution >= 0.6 is 0 Å². The number of nitrogens with zero attached hydrogens (tertiary/aromatic N) is 2. The van der Waals surface area contributed by atoms with E-state index < -0.39 is 16.4 Å². The largest absolute Gasteiger partial charge is 0.480 e. The Morgan fingerprint density at radius 2 is 2.25 bits per heavy atom. The maximum Gasteiger partial charge on any atom is 0.314 e. The van der Waals surface area contributed by atoms with Gasteiger partial charge in [-0.15, -0.1) is 0 Å². The summed E-state index contributed by atoms with van der Waals surface area (Å²) in [4.78, 5) is 14.2. The third-order valence-corrected chi connectivity index (χ3v) is 2.61. The molecule has 6 nitrogen and oxygen atoms in total. The summed E-state index contributed by atoms with van der Waals surface area (Å²) in [6.07, 6.45) is 1.57. The second-order valence-corrected chi connectivity index (χ2v) is 3.93. The van der Waals surface area contributed by atoms with Crippen LogP contribution in [0.3, 0.4) is 0 Å². The van der Waals surface area contributed by atoms with Gasteiger partial charge in [-0.2, -0.15) is 0 Å². The molecule has 0 spiro atoms. The van der Waals surface area contributed by atoms with Crippen molar-refractivity contribution in [2.45, 2.75) is 6.61 Å². The fourth-order valence-electron chi connectivity index (χ4n) is 1.64. The summed E-state index contributed by atoms with van der Waals surface area (Å²) in [5.74, 6) is -0.489. The molecule has 0 aliphatic rings. The lowest BCUT2D eigenvalue weighted by atomic mass is 10.2. The summed E-state index contributed by atoms with van der Waals surface area (Å²) in [5.41, 5.74) is 0.329. The van der Waals surface area contributed by atoms with Crippen molar-refractivity contribution in [1.29, 1.82) is 0 Å². The molecule has 0 unspecified atom stereocenters. The van der Waals surface area contributed by atoms with Crippen molar-refractivity contribution in [3.8, 4) is 5.75 Å². The Bertz CT molecular complexity index is 634. The molecule has 0 atom stereocenters. The molecular weight excluding hydrogens is 265 g/mol. The van der Waals surface area contributed by atoms with E-state index in [0.717, 1.165) is 11.6 Å². The van der Waals surface area contributed by atoms with Gasteiger partial charge in [0.15, 0.2) is 5.82 Å². The lowest BCUT2D eigenvalue weighted by molar-refractivity contribution is -0.386. The van der Waals surface area contributed by atoms with Gasteiger partial charge in [-0.05, 0) is 23.8 Å². The highest BCUT2D eigenvalue weighted by atomic mass is 19.1. The van der Waals surface area contributed by atoms with Crippen LogP contribution in [0.1, 0.15) is 5.56 Å². The Morgan fingerprint density at radius 1 is 1.45 bits per heavy atom. The van der Waals surface area contributed by atoms with E-state index in [9.17, 15) is 14.5 Å². The third-order valence-electron chi connectivity index (χ3n) is 2.61. The molecule has 0 fully saturated rings. The van der Waals surface area contributed by atoms with Crippen LogP contribution < -0.4 is 10.1 Å². The number of para-hydroxylation sites is 1. The summed E-state index contributed by atoms with van der Waals surface area (Å²) in [7, 11) is 1.72. The van der Waals surface area contributed by atoms with Gasteiger partial charge in [-0.3, -0.25) is 10.1 Å². The molecule has 0 radical (unpaired) electrons. The Labute approximate surface area is 114 Å². The van der Waals surface area contributed by atoms with Crippen molar-refractivity contribution in [3.63, 3.8) is 0 Å². The van der Waals surface area contributed by atoms with E-state index in [1.165, 1.54) is 12.1 Å². The molecule has 0 saturated heterocycles. The van der Waals surface area contributed by atoms with Gasteiger partial charge in [0.2, 0.25) is 5.75 Å². The van der Waals surface area contributed by atoms with Crippen molar-refractivity contribution in [3.05, 3.63) is 58.0 Å². The molecule has 2 aromatic rings. The predicted octanol–water partition coefficient (Wildman–Crippen LogP) is 2.75. The smallest absolute Gasteiger partial charge is 0.314 e. The minimum Gasteiger partial charge on any atom is -0.480 e. The Balaban J connectivity index is 2.20. The molecule has 2 rings (SSSR count). The summed E-state index contributed by atoms with van der Waals surface area (Å²) >= 11 is 0. The number of nitro benzene ring substituents is 1. The maximum absolute atomic E-state index is 13.6. The molecule has 1 aromatic heterocycles. The van der Waals surface area contributed by atoms with Crippen LogP contribution in [0.15, 0.2) is 36.5 Å². The quantitative estimate of drug-likeness (QED) is 0.671. The van der Waals surface area contributed by atoms with Gasteiger partial charge in [-0.1, -0.05) is 6.07 Å². The van der Waals surface area contributed by atoms with Gasteiger partial charge < -0.3 is 10.1 Å². The van der Waals surface area contributed by atoms with Crippen LogP contribution in [0.5, 0.6) is 5.75 Å². The minimum absolute atomic E-state index is 0.0129. The fourth-order valence-corrected chi connectivity index (χ4v) is 1.64. The zero-order chi connectivity index (χ0) is 14.5. The average molecular weight is 277 g/mol. The predicted molar refractivity (Wildman–Crippen MR) is 71.2 cm³/mol. The van der Waals surface area contributed by atoms with Crippen molar-refractivity contribution in [2.24, 2.45) is 0 Å². The van der Waals surface area contributed by atoms with Gasteiger partial charge in [0.25, 0.3) is 0 Å². The van der Waals surface area contributed by atoms with Gasteiger partial charge >= 0.3 is 5.69 Å². The van der Waals surface area contributed by atoms with Crippen LogP contribution in [-0.4, -0.2) is 17.0 Å². The van der Waals surface area contributed by atoms with E-state index in [0.29, 0.717) is 5.82 Å². The number of benzene rings is 1. The molecule has 0 saturated carbocycles. The second-order valence-electron chi connectivity index (χ2n) is 3.93. The number of aromatic nitrogens is 1. The maximum atomic E-state index is 13.6. The second kappa shape index (κ2) is 5.96. The number of anilines is 1. The van der Waals surface area contributed by atoms with Crippen LogP contribution in [-0.2, 0) is 6.61 Å². The van der Waals surface area contributed by atoms with E-state index in [1.54, 1.807) is 25.4 Å². The van der Waals surface area contributed by atoms with Crippen LogP contribution in [0.2, 0.25) is 0 Å². The number of halogens is 1. The molecule has 1 aromatic carbocycles. The van der Waals surface area contributed by atoms with E-state index in [4.69, 9.17) is 4.74 Å². The van der Waals surface area contributed by atoms with Crippen molar-refractivity contribution >= 4 is 11.5 Å². The molecule has 1 N–H and O–H groups in total. The molecule has 0 bridgehead atoms. The minimum atomic E-state index is -0.762. The van der Waals surface area contributed by atoms with Gasteiger partial charge in [0, 0.05) is 19.3 Å². The molecule has 7 heteroatoms. The van der Waals surface area contributed by atoms with E-state index in [2.05, 4.69) is 10.3 Å². The van der Waals surface area contributed by atoms with Gasteiger partial charge in [-0.25, -0.2) is 9.37 Å². The van der Waals surface area contributed by atoms with Crippen molar-refractivity contribution in [1.82, 2.24) is 4.98 Å². The Kier molecular flexibility index (Phi) is 4.09. The van der Waals surface area contributed by atoms with E-state index >= 15 is 0 Å². The number of ether oxygens (including phenoxy) is 1. The Hall–Kier alpha value is -2.70. The lowest BCUT2D eigenvalue weighted by Gasteiger charge is -2.08. The number of hydrogen-bond acceptors (Lipinski definition) is 5. The highest BCUT2D eigenvalue weighted by molar-refractivity contribution is 5.47. The van der Waals surface area contributed by atoms with Crippen molar-refractivity contribution in [2.75, 3.05) is 12.4 Å². The molecular formula is C13H12FN3O3. The standard InChI is InChI=1S/C13H12FN3O3/c1-15-12-7-9(5-6-16-12)8-20-13-10(14)3-2-4-11(13)17(18)19/h2-7H,8H2,1H3,(H,15,16). The summed E-state index contributed by atoms with van der Waals surface area (Å²) in [6.45, 7) is 0.0129. The number of hydrogen-bond donors (Lipinski definition) is 1. The zero-order valence-electron chi connectivity index (χ0n) is 10.7. The van der Waals surface area contributed by atoms with Gasteiger partial charge in [0.05, 0.1) is 4.92 Å². The van der Waals surface area contributed by atoms with E-state index in [1.807, 2.05) is 0 Å². The van der Waals surface area contributed by atoms with Crippen LogP contribution in [0.4, 0.5) is 15.9 Å². The topological polar surface area (TPSA) is 77.3 Å². The zero-order valence-corrected chi connectivity index (χ0v) is 10.7. The number of pyridine rings is 1.